The third-order valence-corrected chi connectivity index (χ3v) is 6.30. The summed E-state index contributed by atoms with van der Waals surface area (Å²) in [5, 5.41) is 12.5. The smallest absolute Gasteiger partial charge is 0.278 e. The van der Waals surface area contributed by atoms with Crippen molar-refractivity contribution in [2.24, 2.45) is 0 Å². The lowest BCUT2D eigenvalue weighted by molar-refractivity contribution is 0.0626. The van der Waals surface area contributed by atoms with Crippen LogP contribution in [0.25, 0.3) is 0 Å². The first-order valence-electron chi connectivity index (χ1n) is 11.2. The first-order chi connectivity index (χ1) is 16.5. The van der Waals surface area contributed by atoms with Gasteiger partial charge in [0.2, 0.25) is 5.43 Å². The molecule has 3 heterocycles. The molecule has 0 unspecified atom stereocenters. The molecule has 0 saturated carbocycles. The molecule has 2 bridgehead atoms. The second-order valence-corrected chi connectivity index (χ2v) is 8.26. The van der Waals surface area contributed by atoms with Crippen molar-refractivity contribution in [3.05, 3.63) is 106 Å². The fourth-order valence-electron chi connectivity index (χ4n) is 4.66. The van der Waals surface area contributed by atoms with Gasteiger partial charge in [0.25, 0.3) is 5.91 Å². The number of aromatic hydroxyl groups is 1. The highest BCUT2D eigenvalue weighted by molar-refractivity contribution is 5.96. The fraction of sp³-hybridized carbons (Fsp3) is 0.231. The predicted octanol–water partition coefficient (Wildman–Crippen LogP) is 3.56. The summed E-state index contributed by atoms with van der Waals surface area (Å²) in [6.07, 6.45) is 5.68. The third-order valence-electron chi connectivity index (χ3n) is 6.30. The first kappa shape index (κ1) is 21.8. The molecule has 0 saturated heterocycles. The molecule has 7 nitrogen and oxygen atoms in total. The van der Waals surface area contributed by atoms with E-state index in [4.69, 9.17) is 4.74 Å². The number of benzene rings is 2. The molecule has 2 aliphatic rings. The average Bonchev–Trinajstić information content (AvgIpc) is 2.87. The maximum Gasteiger partial charge on any atom is 0.278 e. The van der Waals surface area contributed by atoms with Crippen LogP contribution in [0.1, 0.15) is 41.0 Å². The lowest BCUT2D eigenvalue weighted by Crippen LogP contribution is -2.57. The van der Waals surface area contributed by atoms with E-state index < -0.39 is 28.9 Å². The molecule has 34 heavy (non-hydrogen) atoms. The van der Waals surface area contributed by atoms with Crippen LogP contribution in [0.2, 0.25) is 0 Å². The van der Waals surface area contributed by atoms with Crippen LogP contribution >= 0.6 is 0 Å². The Bertz CT molecular complexity index is 1320. The van der Waals surface area contributed by atoms with Crippen molar-refractivity contribution < 1.29 is 19.0 Å². The number of hydrogen-bond acceptors (Lipinski definition) is 5. The van der Waals surface area contributed by atoms with Crippen molar-refractivity contribution in [3.8, 4) is 11.5 Å². The number of pyridine rings is 1. The van der Waals surface area contributed by atoms with Crippen LogP contribution < -0.4 is 15.2 Å². The molecule has 1 aromatic heterocycles. The van der Waals surface area contributed by atoms with E-state index in [1.165, 1.54) is 23.0 Å². The number of fused-ring (bicyclic) bond motifs is 5. The normalized spacial score (nSPS) is 20.6. The van der Waals surface area contributed by atoms with E-state index >= 15 is 4.39 Å². The second-order valence-electron chi connectivity index (χ2n) is 8.26. The summed E-state index contributed by atoms with van der Waals surface area (Å²) in [6, 6.07) is 14.6. The van der Waals surface area contributed by atoms with E-state index in [-0.39, 0.29) is 30.8 Å². The molecule has 0 fully saturated rings. The van der Waals surface area contributed by atoms with Crippen LogP contribution in [0.3, 0.4) is 0 Å². The van der Waals surface area contributed by atoms with Crippen LogP contribution in [-0.2, 0) is 0 Å². The summed E-state index contributed by atoms with van der Waals surface area (Å²) in [7, 11) is 0. The average molecular weight is 461 g/mol. The van der Waals surface area contributed by atoms with E-state index in [0.29, 0.717) is 12.0 Å². The fourth-order valence-corrected chi connectivity index (χ4v) is 4.66. The number of para-hydroxylation sites is 1. The van der Waals surface area contributed by atoms with Crippen LogP contribution in [0.5, 0.6) is 11.5 Å². The number of carbonyl (C=O) groups excluding carboxylic acids is 1. The molecule has 2 atom stereocenters. The van der Waals surface area contributed by atoms with Gasteiger partial charge in [-0.25, -0.2) is 4.39 Å². The van der Waals surface area contributed by atoms with Gasteiger partial charge in [0, 0.05) is 17.8 Å². The number of halogens is 1. The van der Waals surface area contributed by atoms with Gasteiger partial charge in [-0.1, -0.05) is 55.5 Å². The number of nitrogens with zero attached hydrogens (tertiary/aromatic N) is 3. The molecule has 2 aliphatic heterocycles. The maximum atomic E-state index is 15.0. The monoisotopic (exact) mass is 461 g/mol. The molecular formula is C26H24FN3O4. The van der Waals surface area contributed by atoms with Gasteiger partial charge >= 0.3 is 0 Å². The minimum atomic E-state index is -0.639. The highest BCUT2D eigenvalue weighted by Gasteiger charge is 2.39. The molecule has 0 radical (unpaired) electrons. The summed E-state index contributed by atoms with van der Waals surface area (Å²) in [6.45, 7) is 2.22. The SMILES string of the molecule is CC[C@H]1/C=C\COc2c(F)cccc2[C@@H](c2ccccc2)N2CN1C(=O)c1c(O)c(=O)ccn12. The minimum Gasteiger partial charge on any atom is -0.502 e. The van der Waals surface area contributed by atoms with Crippen molar-refractivity contribution in [2.75, 3.05) is 18.3 Å². The van der Waals surface area contributed by atoms with Crippen molar-refractivity contribution >= 4 is 5.91 Å². The number of hydrogen-bond donors (Lipinski definition) is 1. The molecule has 3 aromatic rings. The van der Waals surface area contributed by atoms with Gasteiger partial charge in [-0.3, -0.25) is 19.3 Å². The first-order valence-corrected chi connectivity index (χ1v) is 11.2. The van der Waals surface area contributed by atoms with Crippen molar-refractivity contribution in [3.63, 3.8) is 0 Å². The van der Waals surface area contributed by atoms with E-state index in [1.54, 1.807) is 23.1 Å². The highest BCUT2D eigenvalue weighted by Crippen LogP contribution is 2.38. The molecule has 0 aliphatic carbocycles. The Morgan fingerprint density at radius 1 is 1.09 bits per heavy atom. The Morgan fingerprint density at radius 3 is 2.65 bits per heavy atom. The van der Waals surface area contributed by atoms with Gasteiger partial charge in [0.15, 0.2) is 23.0 Å². The van der Waals surface area contributed by atoms with Gasteiger partial charge in [-0.05, 0) is 24.1 Å². The molecule has 174 valence electrons. The number of carbonyl (C=O) groups is 1. The Balaban J connectivity index is 1.83. The standard InChI is InChI=1S/C26H24FN3O4/c1-2-18-10-7-15-34-25-19(11-6-12-20(25)27)22(17-8-4-3-5-9-17)30-16-28(18)26(33)23-24(32)21(31)13-14-29(23)30/h3-14,18,22,32H,2,15-16H2,1H3/b10-7-/t18-,22+/m0/s1. The zero-order valence-electron chi connectivity index (χ0n) is 18.6. The lowest BCUT2D eigenvalue weighted by atomic mass is 9.96. The zero-order chi connectivity index (χ0) is 23.8. The highest BCUT2D eigenvalue weighted by atomic mass is 19.1. The van der Waals surface area contributed by atoms with Gasteiger partial charge in [-0.2, -0.15) is 0 Å². The summed E-state index contributed by atoms with van der Waals surface area (Å²) in [5.74, 6) is -1.44. The molecule has 5 rings (SSSR count). The predicted molar refractivity (Wildman–Crippen MR) is 125 cm³/mol. The van der Waals surface area contributed by atoms with E-state index in [2.05, 4.69) is 0 Å². The Morgan fingerprint density at radius 2 is 1.88 bits per heavy atom. The van der Waals surface area contributed by atoms with Crippen LogP contribution in [0.4, 0.5) is 4.39 Å². The quantitative estimate of drug-likeness (QED) is 0.591. The second kappa shape index (κ2) is 8.70. The summed E-state index contributed by atoms with van der Waals surface area (Å²) in [4.78, 5) is 27.4. The van der Waals surface area contributed by atoms with Crippen molar-refractivity contribution in [2.45, 2.75) is 25.4 Å². The largest absolute Gasteiger partial charge is 0.502 e. The number of rotatable bonds is 2. The Hall–Kier alpha value is -4.07. The third kappa shape index (κ3) is 3.51. The Kier molecular flexibility index (Phi) is 5.57. The lowest BCUT2D eigenvalue weighted by Gasteiger charge is -2.45. The number of amides is 1. The van der Waals surface area contributed by atoms with Gasteiger partial charge in [0.05, 0.1) is 6.04 Å². The minimum absolute atomic E-state index is 0.117. The summed E-state index contributed by atoms with van der Waals surface area (Å²) >= 11 is 0. The maximum absolute atomic E-state index is 15.0. The van der Waals surface area contributed by atoms with Crippen LogP contribution in [-0.4, -0.2) is 39.9 Å². The van der Waals surface area contributed by atoms with Crippen LogP contribution in [0.15, 0.2) is 77.7 Å². The van der Waals surface area contributed by atoms with E-state index in [0.717, 1.165) is 5.56 Å². The summed E-state index contributed by atoms with van der Waals surface area (Å²) < 4.78 is 22.4. The Labute approximate surface area is 195 Å². The van der Waals surface area contributed by atoms with Gasteiger partial charge < -0.3 is 14.7 Å². The van der Waals surface area contributed by atoms with Gasteiger partial charge in [-0.15, -0.1) is 0 Å². The topological polar surface area (TPSA) is 75.0 Å². The van der Waals surface area contributed by atoms with Crippen LogP contribution in [0, 0.1) is 5.82 Å². The molecule has 1 amide bonds. The number of ether oxygens (including phenoxy) is 1. The van der Waals surface area contributed by atoms with Crippen molar-refractivity contribution in [1.29, 1.82) is 0 Å². The molecule has 8 heteroatoms. The number of aromatic nitrogens is 1. The van der Waals surface area contributed by atoms with E-state index in [1.807, 2.05) is 48.3 Å². The molecule has 1 N–H and O–H groups in total. The zero-order valence-corrected chi connectivity index (χ0v) is 18.6. The molecule has 2 aromatic carbocycles. The van der Waals surface area contributed by atoms with Gasteiger partial charge in [0.1, 0.15) is 19.3 Å². The summed E-state index contributed by atoms with van der Waals surface area (Å²) in [5.41, 5.74) is 0.634. The van der Waals surface area contributed by atoms with Crippen molar-refractivity contribution in [1.82, 2.24) is 9.58 Å². The van der Waals surface area contributed by atoms with E-state index in [9.17, 15) is 14.7 Å². The molecule has 0 spiro atoms. The molecular weight excluding hydrogens is 437 g/mol.